The summed E-state index contributed by atoms with van der Waals surface area (Å²) in [5.41, 5.74) is 2.35. The number of fused-ring (bicyclic) bond motifs is 1. The predicted octanol–water partition coefficient (Wildman–Crippen LogP) is 3.77. The smallest absolute Gasteiger partial charge is 0.409 e. The fraction of sp³-hybridized carbons (Fsp3) is 0.571. The van der Waals surface area contributed by atoms with Gasteiger partial charge in [0, 0.05) is 56.2 Å². The fourth-order valence-corrected chi connectivity index (χ4v) is 4.27. The summed E-state index contributed by atoms with van der Waals surface area (Å²) >= 11 is 0. The average molecular weight is 435 g/mol. The van der Waals surface area contributed by atoms with E-state index in [-0.39, 0.29) is 11.6 Å². The van der Waals surface area contributed by atoms with Gasteiger partial charge in [-0.15, -0.1) is 0 Å². The third kappa shape index (κ3) is 4.08. The lowest BCUT2D eigenvalue weighted by atomic mass is 10.0. The van der Waals surface area contributed by atoms with Crippen molar-refractivity contribution in [2.75, 3.05) is 38.8 Å². The van der Waals surface area contributed by atoms with Crippen LogP contribution < -0.4 is 4.90 Å². The van der Waals surface area contributed by atoms with Crippen molar-refractivity contribution in [2.24, 2.45) is 0 Å². The summed E-state index contributed by atoms with van der Waals surface area (Å²) in [4.78, 5) is 19.9. The Balaban J connectivity index is 1.75. The molecule has 0 unspecified atom stereocenters. The normalized spacial score (nSPS) is 17.0. The number of aromatic nitrogens is 3. The molecule has 2 aromatic heterocycles. The van der Waals surface area contributed by atoms with Crippen LogP contribution in [0, 0.1) is 6.92 Å². The molecule has 2 aliphatic heterocycles. The SMILES string of the molecule is COC(=O)N1CCc2c(c(N(C)c3cc(C(F)F)c(C)cn3)nn2C2CCOCC2)C1. The molecule has 10 heteroatoms. The fourth-order valence-electron chi connectivity index (χ4n) is 4.27. The van der Waals surface area contributed by atoms with Crippen molar-refractivity contribution in [1.82, 2.24) is 19.7 Å². The molecule has 0 atom stereocenters. The molecular weight excluding hydrogens is 408 g/mol. The van der Waals surface area contributed by atoms with Crippen molar-refractivity contribution in [3.05, 3.63) is 34.6 Å². The number of amides is 1. The summed E-state index contributed by atoms with van der Waals surface area (Å²) in [6, 6.07) is 1.61. The summed E-state index contributed by atoms with van der Waals surface area (Å²) in [6.07, 6.45) is 0.833. The standard InChI is InChI=1S/C21H27F2N5O3/c1-13-11-24-18(10-15(13)19(22)23)26(2)20-16-12-27(21(29)30-3)7-4-17(16)28(25-20)14-5-8-31-9-6-14/h10-11,14,19H,4-9,12H2,1-3H3. The van der Waals surface area contributed by atoms with Crippen LogP contribution >= 0.6 is 0 Å². The van der Waals surface area contributed by atoms with Crippen LogP contribution in [0.3, 0.4) is 0 Å². The van der Waals surface area contributed by atoms with Crippen molar-refractivity contribution < 1.29 is 23.0 Å². The van der Waals surface area contributed by atoms with Crippen molar-refractivity contribution in [3.63, 3.8) is 0 Å². The number of carbonyl (C=O) groups is 1. The number of hydrogen-bond acceptors (Lipinski definition) is 6. The zero-order valence-electron chi connectivity index (χ0n) is 18.0. The molecular formula is C21H27F2N5O3. The van der Waals surface area contributed by atoms with Crippen molar-refractivity contribution in [2.45, 2.75) is 45.2 Å². The van der Waals surface area contributed by atoms with Gasteiger partial charge in [0.2, 0.25) is 0 Å². The number of aryl methyl sites for hydroxylation is 1. The Morgan fingerprint density at radius 2 is 2.10 bits per heavy atom. The van der Waals surface area contributed by atoms with E-state index in [2.05, 4.69) is 4.98 Å². The number of nitrogens with zero attached hydrogens (tertiary/aromatic N) is 5. The van der Waals surface area contributed by atoms with Gasteiger partial charge in [-0.2, -0.15) is 5.10 Å². The Morgan fingerprint density at radius 1 is 1.35 bits per heavy atom. The van der Waals surface area contributed by atoms with Crippen LogP contribution in [0.2, 0.25) is 0 Å². The molecule has 31 heavy (non-hydrogen) atoms. The monoisotopic (exact) mass is 435 g/mol. The number of carbonyl (C=O) groups excluding carboxylic acids is 1. The van der Waals surface area contributed by atoms with Crippen molar-refractivity contribution in [3.8, 4) is 0 Å². The van der Waals surface area contributed by atoms with Crippen LogP contribution in [-0.4, -0.2) is 59.7 Å². The van der Waals surface area contributed by atoms with Gasteiger partial charge in [-0.05, 0) is 31.4 Å². The van der Waals surface area contributed by atoms with Crippen LogP contribution in [-0.2, 0) is 22.4 Å². The number of hydrogen-bond donors (Lipinski definition) is 0. The van der Waals surface area contributed by atoms with E-state index in [1.165, 1.54) is 19.4 Å². The maximum absolute atomic E-state index is 13.4. The lowest BCUT2D eigenvalue weighted by Crippen LogP contribution is -2.37. The first-order chi connectivity index (χ1) is 14.9. The van der Waals surface area contributed by atoms with E-state index in [4.69, 9.17) is 14.6 Å². The van der Waals surface area contributed by atoms with E-state index in [9.17, 15) is 13.6 Å². The molecule has 2 aliphatic rings. The van der Waals surface area contributed by atoms with Crippen LogP contribution in [0.25, 0.3) is 0 Å². The number of alkyl halides is 2. The number of methoxy groups -OCH3 is 1. The van der Waals surface area contributed by atoms with Gasteiger partial charge in [0.25, 0.3) is 6.43 Å². The molecule has 0 N–H and O–H groups in total. The second kappa shape index (κ2) is 8.78. The summed E-state index contributed by atoms with van der Waals surface area (Å²) in [5.74, 6) is 1.00. The number of halogens is 2. The van der Waals surface area contributed by atoms with E-state index < -0.39 is 12.5 Å². The molecule has 4 rings (SSSR count). The summed E-state index contributed by atoms with van der Waals surface area (Å²) < 4.78 is 39.3. The van der Waals surface area contributed by atoms with Gasteiger partial charge in [-0.25, -0.2) is 18.6 Å². The minimum atomic E-state index is -2.58. The lowest BCUT2D eigenvalue weighted by Gasteiger charge is -2.29. The van der Waals surface area contributed by atoms with Crippen LogP contribution in [0.15, 0.2) is 12.3 Å². The zero-order valence-corrected chi connectivity index (χ0v) is 18.0. The number of pyridine rings is 1. The van der Waals surface area contributed by atoms with Gasteiger partial charge in [0.15, 0.2) is 5.82 Å². The predicted molar refractivity (Wildman–Crippen MR) is 110 cm³/mol. The van der Waals surface area contributed by atoms with E-state index in [1.54, 1.807) is 23.8 Å². The van der Waals surface area contributed by atoms with Crippen LogP contribution in [0.1, 0.15) is 47.7 Å². The minimum absolute atomic E-state index is 0.0502. The zero-order chi connectivity index (χ0) is 22.1. The molecule has 0 saturated carbocycles. The molecule has 4 heterocycles. The van der Waals surface area contributed by atoms with E-state index in [1.807, 2.05) is 4.68 Å². The first-order valence-electron chi connectivity index (χ1n) is 10.4. The maximum Gasteiger partial charge on any atom is 0.409 e. The van der Waals surface area contributed by atoms with Gasteiger partial charge in [-0.1, -0.05) is 0 Å². The Labute approximate surface area is 179 Å². The molecule has 1 amide bonds. The highest BCUT2D eigenvalue weighted by molar-refractivity contribution is 5.69. The third-order valence-electron chi connectivity index (χ3n) is 6.06. The molecule has 1 saturated heterocycles. The Hall–Kier alpha value is -2.75. The molecule has 0 spiro atoms. The second-order valence-corrected chi connectivity index (χ2v) is 7.94. The van der Waals surface area contributed by atoms with Crippen LogP contribution in [0.5, 0.6) is 0 Å². The summed E-state index contributed by atoms with van der Waals surface area (Å²) in [6.45, 7) is 3.86. The molecule has 0 radical (unpaired) electrons. The number of ether oxygens (including phenoxy) is 2. The van der Waals surface area contributed by atoms with E-state index in [0.717, 1.165) is 24.1 Å². The van der Waals surface area contributed by atoms with Crippen LogP contribution in [0.4, 0.5) is 25.2 Å². The second-order valence-electron chi connectivity index (χ2n) is 7.94. The Morgan fingerprint density at radius 3 is 2.77 bits per heavy atom. The quantitative estimate of drug-likeness (QED) is 0.728. The lowest BCUT2D eigenvalue weighted by molar-refractivity contribution is 0.0649. The molecule has 2 aromatic rings. The highest BCUT2D eigenvalue weighted by Crippen LogP contribution is 2.36. The maximum atomic E-state index is 13.4. The summed E-state index contributed by atoms with van der Waals surface area (Å²) in [7, 11) is 3.12. The molecule has 8 nitrogen and oxygen atoms in total. The molecule has 0 aromatic carbocycles. The van der Waals surface area contributed by atoms with E-state index in [0.29, 0.717) is 49.9 Å². The molecule has 168 valence electrons. The third-order valence-corrected chi connectivity index (χ3v) is 6.06. The summed E-state index contributed by atoms with van der Waals surface area (Å²) in [5, 5.41) is 4.89. The van der Waals surface area contributed by atoms with Gasteiger partial charge in [0.05, 0.1) is 19.7 Å². The Kier molecular flexibility index (Phi) is 6.08. The van der Waals surface area contributed by atoms with Gasteiger partial charge < -0.3 is 19.3 Å². The molecule has 1 fully saturated rings. The van der Waals surface area contributed by atoms with Gasteiger partial charge in [0.1, 0.15) is 5.82 Å². The topological polar surface area (TPSA) is 72.7 Å². The highest BCUT2D eigenvalue weighted by Gasteiger charge is 2.32. The Bertz CT molecular complexity index is 959. The largest absolute Gasteiger partial charge is 0.453 e. The number of rotatable bonds is 4. The van der Waals surface area contributed by atoms with Gasteiger partial charge in [-0.3, -0.25) is 4.68 Å². The van der Waals surface area contributed by atoms with E-state index >= 15 is 0 Å². The first kappa shape index (κ1) is 21.5. The van der Waals surface area contributed by atoms with Crippen molar-refractivity contribution in [1.29, 1.82) is 0 Å². The molecule has 0 bridgehead atoms. The van der Waals surface area contributed by atoms with Gasteiger partial charge >= 0.3 is 6.09 Å². The highest BCUT2D eigenvalue weighted by atomic mass is 19.3. The number of anilines is 2. The average Bonchev–Trinajstić information content (AvgIpc) is 3.17. The molecule has 0 aliphatic carbocycles. The van der Waals surface area contributed by atoms with Crippen molar-refractivity contribution >= 4 is 17.7 Å². The minimum Gasteiger partial charge on any atom is -0.453 e. The first-order valence-corrected chi connectivity index (χ1v) is 10.4.